The third kappa shape index (κ3) is 4.40. The van der Waals surface area contributed by atoms with Crippen LogP contribution in [0.2, 0.25) is 0 Å². The molecule has 0 radical (unpaired) electrons. The van der Waals surface area contributed by atoms with Gasteiger partial charge in [0.05, 0.1) is 18.4 Å². The van der Waals surface area contributed by atoms with Crippen molar-refractivity contribution >= 4 is 17.4 Å². The van der Waals surface area contributed by atoms with E-state index in [2.05, 4.69) is 10.3 Å². The Morgan fingerprint density at radius 1 is 1.16 bits per heavy atom. The molecule has 0 saturated heterocycles. The maximum absolute atomic E-state index is 12.1. The molecule has 0 atom stereocenters. The quantitative estimate of drug-likeness (QED) is 0.821. The molecule has 0 aliphatic rings. The van der Waals surface area contributed by atoms with Crippen LogP contribution in [0.25, 0.3) is 0 Å². The number of aromatic nitrogens is 1. The summed E-state index contributed by atoms with van der Waals surface area (Å²) >= 11 is 0.522. The van der Waals surface area contributed by atoms with E-state index < -0.39 is 5.76 Å². The van der Waals surface area contributed by atoms with Gasteiger partial charge in [-0.05, 0) is 36.4 Å². The van der Waals surface area contributed by atoms with Crippen LogP contribution in [0, 0.1) is 0 Å². The highest BCUT2D eigenvalue weighted by Crippen LogP contribution is 2.26. The molecule has 0 aliphatic carbocycles. The molecular weight excluding hydrogens is 270 g/mol. The molecule has 2 rings (SSSR count). The number of benzene rings is 1. The topological polar surface area (TPSA) is 45.1 Å². The predicted molar refractivity (Wildman–Crippen MR) is 71.5 cm³/mol. The first-order chi connectivity index (χ1) is 9.13. The average molecular weight is 282 g/mol. The van der Waals surface area contributed by atoms with E-state index in [1.54, 1.807) is 36.4 Å². The fourth-order valence-electron chi connectivity index (χ4n) is 1.47. The Labute approximate surface area is 113 Å². The summed E-state index contributed by atoms with van der Waals surface area (Å²) in [5, 5.41) is 12.2. The van der Waals surface area contributed by atoms with Gasteiger partial charge in [-0.15, -0.1) is 0 Å². The number of aromatic hydroxyl groups is 1. The third-order valence-corrected chi connectivity index (χ3v) is 3.08. The van der Waals surface area contributed by atoms with E-state index in [1.165, 1.54) is 6.20 Å². The molecule has 0 bridgehead atoms. The maximum atomic E-state index is 12.1. The van der Waals surface area contributed by atoms with Crippen molar-refractivity contribution in [2.75, 3.05) is 5.32 Å². The molecule has 19 heavy (non-hydrogen) atoms. The van der Waals surface area contributed by atoms with E-state index in [-0.39, 0.29) is 5.75 Å². The van der Waals surface area contributed by atoms with Crippen LogP contribution in [0.5, 0.6) is 5.75 Å². The summed E-state index contributed by atoms with van der Waals surface area (Å²) in [5.74, 6) is -2.28. The molecule has 1 aromatic carbocycles. The molecule has 0 saturated carbocycles. The van der Waals surface area contributed by atoms with Gasteiger partial charge in [-0.1, -0.05) is 11.8 Å². The summed E-state index contributed by atoms with van der Waals surface area (Å²) in [4.78, 5) is 4.57. The SMILES string of the molecule is Oc1ccc(CNc2ccc(SC(F)F)cc2)nc1. The summed E-state index contributed by atoms with van der Waals surface area (Å²) in [6, 6.07) is 10.0. The van der Waals surface area contributed by atoms with Crippen molar-refractivity contribution in [3.8, 4) is 5.75 Å². The van der Waals surface area contributed by atoms with Crippen molar-refractivity contribution in [1.29, 1.82) is 0 Å². The van der Waals surface area contributed by atoms with E-state index >= 15 is 0 Å². The molecule has 1 heterocycles. The standard InChI is InChI=1S/C13H12F2N2OS/c14-13(15)19-12-5-2-9(3-6-12)16-7-10-1-4-11(18)8-17-10/h1-6,8,13,16,18H,7H2. The Hall–Kier alpha value is -1.82. The van der Waals surface area contributed by atoms with Crippen LogP contribution in [-0.4, -0.2) is 15.8 Å². The van der Waals surface area contributed by atoms with Crippen molar-refractivity contribution in [3.05, 3.63) is 48.3 Å². The smallest absolute Gasteiger partial charge is 0.288 e. The number of hydrogen-bond acceptors (Lipinski definition) is 4. The van der Waals surface area contributed by atoms with Crippen LogP contribution >= 0.6 is 11.8 Å². The summed E-state index contributed by atoms with van der Waals surface area (Å²) in [6.07, 6.45) is 1.37. The summed E-state index contributed by atoms with van der Waals surface area (Å²) in [7, 11) is 0. The van der Waals surface area contributed by atoms with Crippen LogP contribution in [0.1, 0.15) is 5.69 Å². The monoisotopic (exact) mass is 282 g/mol. The van der Waals surface area contributed by atoms with E-state index in [9.17, 15) is 8.78 Å². The first kappa shape index (κ1) is 13.6. The number of hydrogen-bond donors (Lipinski definition) is 2. The number of rotatable bonds is 5. The minimum atomic E-state index is -2.40. The summed E-state index contributed by atoms with van der Waals surface area (Å²) in [5.41, 5.74) is 1.61. The first-order valence-electron chi connectivity index (χ1n) is 5.56. The number of nitrogens with one attached hydrogen (secondary N) is 1. The highest BCUT2D eigenvalue weighted by molar-refractivity contribution is 7.99. The lowest BCUT2D eigenvalue weighted by molar-refractivity contribution is 0.252. The number of thioether (sulfide) groups is 1. The molecule has 2 aromatic rings. The minimum absolute atomic E-state index is 0.122. The fraction of sp³-hybridized carbons (Fsp3) is 0.154. The molecule has 100 valence electrons. The van der Waals surface area contributed by atoms with Crippen LogP contribution in [0.3, 0.4) is 0 Å². The van der Waals surface area contributed by atoms with Crippen LogP contribution in [0.15, 0.2) is 47.5 Å². The largest absolute Gasteiger partial charge is 0.506 e. The average Bonchev–Trinajstić information content (AvgIpc) is 2.39. The van der Waals surface area contributed by atoms with Crippen molar-refractivity contribution < 1.29 is 13.9 Å². The zero-order valence-corrected chi connectivity index (χ0v) is 10.7. The van der Waals surface area contributed by atoms with Gasteiger partial charge in [0.15, 0.2) is 0 Å². The van der Waals surface area contributed by atoms with Crippen LogP contribution < -0.4 is 5.32 Å². The van der Waals surface area contributed by atoms with Gasteiger partial charge in [-0.2, -0.15) is 8.78 Å². The molecular formula is C13H12F2N2OS. The number of halogens is 2. The van der Waals surface area contributed by atoms with Gasteiger partial charge in [0.25, 0.3) is 5.76 Å². The second-order valence-corrected chi connectivity index (χ2v) is 4.83. The van der Waals surface area contributed by atoms with E-state index in [4.69, 9.17) is 5.11 Å². The molecule has 0 spiro atoms. The van der Waals surface area contributed by atoms with E-state index in [0.29, 0.717) is 23.2 Å². The summed E-state index contributed by atoms with van der Waals surface area (Å²) < 4.78 is 24.3. The Morgan fingerprint density at radius 2 is 1.89 bits per heavy atom. The third-order valence-electron chi connectivity index (χ3n) is 2.36. The van der Waals surface area contributed by atoms with Crippen LogP contribution in [-0.2, 0) is 6.54 Å². The lowest BCUT2D eigenvalue weighted by atomic mass is 10.3. The molecule has 0 amide bonds. The van der Waals surface area contributed by atoms with Gasteiger partial charge in [0.2, 0.25) is 0 Å². The molecule has 3 nitrogen and oxygen atoms in total. The van der Waals surface area contributed by atoms with Crippen molar-refractivity contribution in [3.63, 3.8) is 0 Å². The van der Waals surface area contributed by atoms with E-state index in [1.807, 2.05) is 0 Å². The second kappa shape index (κ2) is 6.38. The van der Waals surface area contributed by atoms with Gasteiger partial charge < -0.3 is 10.4 Å². The Bertz CT molecular complexity index is 517. The number of nitrogens with zero attached hydrogens (tertiary/aromatic N) is 1. The number of pyridine rings is 1. The lowest BCUT2D eigenvalue weighted by Crippen LogP contribution is -2.00. The Balaban J connectivity index is 1.91. The molecule has 0 aliphatic heterocycles. The normalized spacial score (nSPS) is 10.7. The van der Waals surface area contributed by atoms with E-state index in [0.717, 1.165) is 11.4 Å². The number of anilines is 1. The highest BCUT2D eigenvalue weighted by atomic mass is 32.2. The Morgan fingerprint density at radius 3 is 2.47 bits per heavy atom. The molecule has 0 unspecified atom stereocenters. The predicted octanol–water partition coefficient (Wildman–Crippen LogP) is 3.71. The molecule has 2 N–H and O–H groups in total. The molecule has 1 aromatic heterocycles. The fourth-order valence-corrected chi connectivity index (χ4v) is 1.97. The van der Waals surface area contributed by atoms with Gasteiger partial charge in [-0.25, -0.2) is 0 Å². The van der Waals surface area contributed by atoms with Crippen molar-refractivity contribution in [2.24, 2.45) is 0 Å². The van der Waals surface area contributed by atoms with Crippen molar-refractivity contribution in [1.82, 2.24) is 4.98 Å². The van der Waals surface area contributed by atoms with Gasteiger partial charge >= 0.3 is 0 Å². The van der Waals surface area contributed by atoms with Gasteiger partial charge in [-0.3, -0.25) is 4.98 Å². The molecule has 0 fully saturated rings. The Kier molecular flexibility index (Phi) is 4.57. The molecule has 6 heteroatoms. The second-order valence-electron chi connectivity index (χ2n) is 3.76. The highest BCUT2D eigenvalue weighted by Gasteiger charge is 2.04. The zero-order chi connectivity index (χ0) is 13.7. The zero-order valence-electron chi connectivity index (χ0n) is 9.88. The summed E-state index contributed by atoms with van der Waals surface area (Å²) in [6.45, 7) is 0.502. The first-order valence-corrected chi connectivity index (χ1v) is 6.44. The lowest BCUT2D eigenvalue weighted by Gasteiger charge is -2.07. The maximum Gasteiger partial charge on any atom is 0.288 e. The number of alkyl halides is 2. The van der Waals surface area contributed by atoms with Gasteiger partial charge in [0.1, 0.15) is 5.75 Å². The van der Waals surface area contributed by atoms with Crippen molar-refractivity contribution in [2.45, 2.75) is 17.2 Å². The minimum Gasteiger partial charge on any atom is -0.506 e. The van der Waals surface area contributed by atoms with Gasteiger partial charge in [0, 0.05) is 10.6 Å². The van der Waals surface area contributed by atoms with Crippen LogP contribution in [0.4, 0.5) is 14.5 Å².